The van der Waals surface area contributed by atoms with Gasteiger partial charge in [0.05, 0.1) is 20.2 Å². The van der Waals surface area contributed by atoms with Crippen molar-refractivity contribution in [3.63, 3.8) is 0 Å². The summed E-state index contributed by atoms with van der Waals surface area (Å²) < 4.78 is 11.4. The lowest BCUT2D eigenvalue weighted by Gasteiger charge is -2.26. The lowest BCUT2D eigenvalue weighted by atomic mass is 10.3. The predicted octanol–water partition coefficient (Wildman–Crippen LogP) is -2.54. The van der Waals surface area contributed by atoms with Gasteiger partial charge in [-0.25, -0.2) is 0 Å². The molecule has 0 spiro atoms. The van der Waals surface area contributed by atoms with Gasteiger partial charge in [0.15, 0.2) is 6.73 Å². The number of hydrogen-bond acceptors (Lipinski definition) is 2. The number of nitrogens with zero attached hydrogens (tertiary/aromatic N) is 1. The third kappa shape index (κ3) is 3.85. The van der Waals surface area contributed by atoms with E-state index in [-0.39, 0.29) is 17.0 Å². The molecule has 1 heterocycles. The van der Waals surface area contributed by atoms with Gasteiger partial charge >= 0.3 is 0 Å². The molecule has 4 heteroatoms. The molecule has 0 radical (unpaired) electrons. The van der Waals surface area contributed by atoms with E-state index in [0.29, 0.717) is 0 Å². The van der Waals surface area contributed by atoms with E-state index in [4.69, 9.17) is 9.47 Å². The summed E-state index contributed by atoms with van der Waals surface area (Å²) in [4.78, 5) is 0. The van der Waals surface area contributed by atoms with Crippen LogP contribution in [0, 0.1) is 0 Å². The number of likely N-dealkylation sites (N-methyl/N-ethyl adjacent to an activating group) is 1. The van der Waals surface area contributed by atoms with E-state index < -0.39 is 0 Å². The lowest BCUT2D eigenvalue weighted by molar-refractivity contribution is -0.906. The number of quaternary nitrogens is 1. The zero-order valence-electron chi connectivity index (χ0n) is 7.88. The SMILES string of the molecule is COCCC[N+]1(C)CCOC1.[Br-]. The Hall–Kier alpha value is 0.360. The highest BCUT2D eigenvalue weighted by atomic mass is 79.9. The maximum absolute atomic E-state index is 5.32. The van der Waals surface area contributed by atoms with E-state index in [1.165, 1.54) is 6.54 Å². The Morgan fingerprint density at radius 1 is 1.50 bits per heavy atom. The predicted molar refractivity (Wildman–Crippen MR) is 43.2 cm³/mol. The van der Waals surface area contributed by atoms with Crippen molar-refractivity contribution in [2.75, 3.05) is 47.2 Å². The Bertz CT molecular complexity index is 116. The molecule has 0 N–H and O–H groups in total. The molecule has 1 aliphatic rings. The van der Waals surface area contributed by atoms with E-state index in [2.05, 4.69) is 7.05 Å². The quantitative estimate of drug-likeness (QED) is 0.398. The van der Waals surface area contributed by atoms with Crippen molar-refractivity contribution in [3.05, 3.63) is 0 Å². The largest absolute Gasteiger partial charge is 1.00 e. The van der Waals surface area contributed by atoms with Crippen molar-refractivity contribution in [1.82, 2.24) is 0 Å². The molecule has 12 heavy (non-hydrogen) atoms. The number of halogens is 1. The Balaban J connectivity index is 0.00000121. The van der Waals surface area contributed by atoms with Gasteiger partial charge in [-0.3, -0.25) is 0 Å². The second-order valence-corrected chi connectivity index (χ2v) is 3.45. The molecular weight excluding hydrogens is 222 g/mol. The third-order valence-corrected chi connectivity index (χ3v) is 2.22. The highest BCUT2D eigenvalue weighted by molar-refractivity contribution is 4.42. The average molecular weight is 240 g/mol. The molecule has 1 fully saturated rings. The molecular formula is C8H18BrNO2. The molecule has 0 aromatic carbocycles. The minimum Gasteiger partial charge on any atom is -1.00 e. The van der Waals surface area contributed by atoms with Crippen molar-refractivity contribution in [2.45, 2.75) is 6.42 Å². The van der Waals surface area contributed by atoms with Crippen LogP contribution in [0.5, 0.6) is 0 Å². The van der Waals surface area contributed by atoms with Gasteiger partial charge in [-0.1, -0.05) is 0 Å². The fourth-order valence-electron chi connectivity index (χ4n) is 1.40. The normalized spacial score (nSPS) is 28.5. The summed E-state index contributed by atoms with van der Waals surface area (Å²) in [5.74, 6) is 0. The average Bonchev–Trinajstić information content (AvgIpc) is 2.38. The third-order valence-electron chi connectivity index (χ3n) is 2.22. The molecule has 0 bridgehead atoms. The van der Waals surface area contributed by atoms with Crippen LogP contribution in [0.15, 0.2) is 0 Å². The highest BCUT2D eigenvalue weighted by Gasteiger charge is 2.26. The molecule has 1 unspecified atom stereocenters. The maximum Gasteiger partial charge on any atom is 0.183 e. The smallest absolute Gasteiger partial charge is 0.183 e. The summed E-state index contributed by atoms with van der Waals surface area (Å²) in [5, 5.41) is 0. The standard InChI is InChI=1S/C8H18NO2.BrH/c1-9(4-3-6-10-2)5-7-11-8-9;/h3-8H2,1-2H3;1H/q+1;/p-1. The summed E-state index contributed by atoms with van der Waals surface area (Å²) >= 11 is 0. The fourth-order valence-corrected chi connectivity index (χ4v) is 1.40. The summed E-state index contributed by atoms with van der Waals surface area (Å²) in [6, 6.07) is 0. The Morgan fingerprint density at radius 2 is 2.25 bits per heavy atom. The van der Waals surface area contributed by atoms with Gasteiger partial charge in [0.1, 0.15) is 13.2 Å². The van der Waals surface area contributed by atoms with Crippen LogP contribution in [0.4, 0.5) is 0 Å². The monoisotopic (exact) mass is 239 g/mol. The second kappa shape index (κ2) is 5.91. The van der Waals surface area contributed by atoms with Crippen molar-refractivity contribution >= 4 is 0 Å². The molecule has 0 aliphatic carbocycles. The fraction of sp³-hybridized carbons (Fsp3) is 1.00. The number of methoxy groups -OCH3 is 1. The lowest BCUT2D eigenvalue weighted by Crippen LogP contribution is -3.00. The zero-order valence-corrected chi connectivity index (χ0v) is 9.47. The van der Waals surface area contributed by atoms with Crippen molar-refractivity contribution in [1.29, 1.82) is 0 Å². The molecule has 1 aliphatic heterocycles. The minimum absolute atomic E-state index is 0. The van der Waals surface area contributed by atoms with Crippen LogP contribution in [0.1, 0.15) is 6.42 Å². The van der Waals surface area contributed by atoms with E-state index in [0.717, 1.165) is 37.4 Å². The molecule has 74 valence electrons. The Morgan fingerprint density at radius 3 is 2.75 bits per heavy atom. The van der Waals surface area contributed by atoms with Crippen LogP contribution in [0.25, 0.3) is 0 Å². The van der Waals surface area contributed by atoms with Crippen molar-refractivity contribution in [3.8, 4) is 0 Å². The first kappa shape index (κ1) is 12.4. The molecule has 0 aromatic heterocycles. The van der Waals surface area contributed by atoms with Crippen LogP contribution < -0.4 is 17.0 Å². The minimum atomic E-state index is 0. The molecule has 0 saturated carbocycles. The topological polar surface area (TPSA) is 18.5 Å². The van der Waals surface area contributed by atoms with Crippen molar-refractivity contribution < 1.29 is 30.9 Å². The summed E-state index contributed by atoms with van der Waals surface area (Å²) in [6.07, 6.45) is 1.14. The van der Waals surface area contributed by atoms with E-state index in [1.807, 2.05) is 0 Å². The van der Waals surface area contributed by atoms with E-state index in [1.54, 1.807) is 7.11 Å². The Kier molecular flexibility index (Phi) is 6.09. The summed E-state index contributed by atoms with van der Waals surface area (Å²) in [6.45, 7) is 5.00. The molecule has 1 atom stereocenters. The molecule has 0 amide bonds. The molecule has 0 aromatic rings. The van der Waals surface area contributed by atoms with Gasteiger partial charge in [-0.15, -0.1) is 0 Å². The van der Waals surface area contributed by atoms with E-state index >= 15 is 0 Å². The van der Waals surface area contributed by atoms with Gasteiger partial charge in [0.25, 0.3) is 0 Å². The molecule has 3 nitrogen and oxygen atoms in total. The van der Waals surface area contributed by atoms with Crippen LogP contribution in [-0.2, 0) is 9.47 Å². The van der Waals surface area contributed by atoms with Crippen LogP contribution in [0.3, 0.4) is 0 Å². The maximum atomic E-state index is 5.32. The summed E-state index contributed by atoms with van der Waals surface area (Å²) in [7, 11) is 3.99. The molecule has 1 rings (SSSR count). The van der Waals surface area contributed by atoms with Gasteiger partial charge in [0, 0.05) is 13.5 Å². The second-order valence-electron chi connectivity index (χ2n) is 3.45. The van der Waals surface area contributed by atoms with Crippen LogP contribution in [-0.4, -0.2) is 51.7 Å². The van der Waals surface area contributed by atoms with Crippen LogP contribution >= 0.6 is 0 Å². The highest BCUT2D eigenvalue weighted by Crippen LogP contribution is 2.10. The first-order valence-electron chi connectivity index (χ1n) is 4.17. The van der Waals surface area contributed by atoms with Gasteiger partial charge in [-0.05, 0) is 0 Å². The first-order valence-corrected chi connectivity index (χ1v) is 4.17. The van der Waals surface area contributed by atoms with Crippen molar-refractivity contribution in [2.24, 2.45) is 0 Å². The van der Waals surface area contributed by atoms with Gasteiger partial charge in [0.2, 0.25) is 0 Å². The first-order chi connectivity index (χ1) is 5.27. The number of hydrogen-bond donors (Lipinski definition) is 0. The van der Waals surface area contributed by atoms with Gasteiger partial charge in [-0.2, -0.15) is 0 Å². The number of ether oxygens (including phenoxy) is 2. The zero-order chi connectivity index (χ0) is 8.16. The Labute approximate surface area is 85.0 Å². The van der Waals surface area contributed by atoms with Gasteiger partial charge < -0.3 is 30.9 Å². The van der Waals surface area contributed by atoms with Crippen LogP contribution in [0.2, 0.25) is 0 Å². The van der Waals surface area contributed by atoms with E-state index in [9.17, 15) is 0 Å². The molecule has 1 saturated heterocycles. The summed E-state index contributed by atoms with van der Waals surface area (Å²) in [5.41, 5.74) is 0. The number of rotatable bonds is 4.